The summed E-state index contributed by atoms with van der Waals surface area (Å²) in [6.07, 6.45) is 2.30. The first kappa shape index (κ1) is 10.2. The molecule has 0 unspecified atom stereocenters. The van der Waals surface area contributed by atoms with Gasteiger partial charge >= 0.3 is 0 Å². The number of hydrogen-bond donors (Lipinski definition) is 1. The van der Waals surface area contributed by atoms with Crippen LogP contribution in [0.2, 0.25) is 0 Å². The van der Waals surface area contributed by atoms with E-state index in [-0.39, 0.29) is 0 Å². The number of aryl methyl sites for hydroxylation is 1. The van der Waals surface area contributed by atoms with Crippen molar-refractivity contribution in [1.29, 1.82) is 0 Å². The predicted octanol–water partition coefficient (Wildman–Crippen LogP) is 2.84. The number of nitrogens with one attached hydrogen (secondary N) is 1. The van der Waals surface area contributed by atoms with Gasteiger partial charge < -0.3 is 5.32 Å². The highest BCUT2D eigenvalue weighted by Crippen LogP contribution is 2.17. The van der Waals surface area contributed by atoms with E-state index >= 15 is 0 Å². The molecule has 1 aliphatic rings. The molecule has 0 amide bonds. The molecular weight excluding hydrogens is 184 g/mol. The van der Waals surface area contributed by atoms with Crippen molar-refractivity contribution in [3.8, 4) is 0 Å². The molecule has 1 aliphatic heterocycles. The summed E-state index contributed by atoms with van der Waals surface area (Å²) in [5.41, 5.74) is 2.71. The van der Waals surface area contributed by atoms with E-state index in [1.54, 1.807) is 0 Å². The maximum atomic E-state index is 4.44. The molecule has 2 heteroatoms. The van der Waals surface area contributed by atoms with Gasteiger partial charge in [-0.25, -0.2) is 0 Å². The van der Waals surface area contributed by atoms with Gasteiger partial charge in [-0.1, -0.05) is 24.3 Å². The Hall–Kier alpha value is -1.31. The molecule has 0 bridgehead atoms. The van der Waals surface area contributed by atoms with Crippen LogP contribution >= 0.6 is 0 Å². The number of nitrogens with zero attached hydrogens (tertiary/aromatic N) is 1. The van der Waals surface area contributed by atoms with Crippen LogP contribution in [0.5, 0.6) is 0 Å². The minimum absolute atomic E-state index is 0.364. The average molecular weight is 202 g/mol. The first-order valence-corrected chi connectivity index (χ1v) is 5.63. The summed E-state index contributed by atoms with van der Waals surface area (Å²) in [4.78, 5) is 4.44. The highest BCUT2D eigenvalue weighted by molar-refractivity contribution is 5.83. The Bertz CT molecular complexity index is 369. The zero-order valence-corrected chi connectivity index (χ0v) is 9.46. The van der Waals surface area contributed by atoms with Gasteiger partial charge in [0.05, 0.1) is 5.84 Å². The SMILES string of the molecule is Cc1ccccc1[C@H](C)NC1=NCCC1. The van der Waals surface area contributed by atoms with Crippen LogP contribution in [0.1, 0.15) is 36.9 Å². The quantitative estimate of drug-likeness (QED) is 0.783. The molecule has 0 aromatic heterocycles. The van der Waals surface area contributed by atoms with Gasteiger partial charge in [0.2, 0.25) is 0 Å². The van der Waals surface area contributed by atoms with E-state index in [0.717, 1.165) is 13.0 Å². The molecule has 2 rings (SSSR count). The lowest BCUT2D eigenvalue weighted by atomic mass is 10.0. The van der Waals surface area contributed by atoms with Crippen LogP contribution in [-0.4, -0.2) is 12.4 Å². The van der Waals surface area contributed by atoms with E-state index in [2.05, 4.69) is 48.4 Å². The van der Waals surface area contributed by atoms with Crippen molar-refractivity contribution < 1.29 is 0 Å². The van der Waals surface area contributed by atoms with Crippen LogP contribution in [0.15, 0.2) is 29.3 Å². The first-order chi connectivity index (χ1) is 7.27. The lowest BCUT2D eigenvalue weighted by molar-refractivity contribution is 0.704. The maximum Gasteiger partial charge on any atom is 0.0968 e. The number of rotatable bonds is 2. The molecule has 0 saturated carbocycles. The van der Waals surface area contributed by atoms with Crippen molar-refractivity contribution in [1.82, 2.24) is 5.32 Å². The molecule has 0 radical (unpaired) electrons. The predicted molar refractivity (Wildman–Crippen MR) is 64.3 cm³/mol. The molecule has 0 aliphatic carbocycles. The molecule has 1 aromatic rings. The topological polar surface area (TPSA) is 24.4 Å². The van der Waals surface area contributed by atoms with Gasteiger partial charge in [0.15, 0.2) is 0 Å². The third-order valence-corrected chi connectivity index (χ3v) is 2.91. The van der Waals surface area contributed by atoms with Gasteiger partial charge in [-0.2, -0.15) is 0 Å². The normalized spacial score (nSPS) is 17.3. The highest BCUT2D eigenvalue weighted by Gasteiger charge is 2.11. The molecular formula is C13H18N2. The monoisotopic (exact) mass is 202 g/mol. The van der Waals surface area contributed by atoms with Crippen LogP contribution in [0.25, 0.3) is 0 Å². The van der Waals surface area contributed by atoms with Gasteiger partial charge in [0.1, 0.15) is 0 Å². The summed E-state index contributed by atoms with van der Waals surface area (Å²) >= 11 is 0. The zero-order valence-electron chi connectivity index (χ0n) is 9.46. The van der Waals surface area contributed by atoms with Crippen molar-refractivity contribution in [3.63, 3.8) is 0 Å². The Morgan fingerprint density at radius 2 is 2.13 bits per heavy atom. The Balaban J connectivity index is 2.07. The summed E-state index contributed by atoms with van der Waals surface area (Å²) in [7, 11) is 0. The highest BCUT2D eigenvalue weighted by atomic mass is 15.0. The van der Waals surface area contributed by atoms with Gasteiger partial charge in [-0.15, -0.1) is 0 Å². The van der Waals surface area contributed by atoms with Gasteiger partial charge in [-0.3, -0.25) is 4.99 Å². The van der Waals surface area contributed by atoms with Crippen molar-refractivity contribution in [2.45, 2.75) is 32.7 Å². The fraction of sp³-hybridized carbons (Fsp3) is 0.462. The Labute approximate surface area is 91.4 Å². The van der Waals surface area contributed by atoms with E-state index in [1.165, 1.54) is 23.4 Å². The standard InChI is InChI=1S/C13H18N2/c1-10-6-3-4-7-12(10)11(2)15-13-8-5-9-14-13/h3-4,6-7,11H,5,8-9H2,1-2H3,(H,14,15)/t11-/m0/s1. The lowest BCUT2D eigenvalue weighted by Crippen LogP contribution is -2.25. The van der Waals surface area contributed by atoms with E-state index in [4.69, 9.17) is 0 Å². The first-order valence-electron chi connectivity index (χ1n) is 5.63. The summed E-state index contributed by atoms with van der Waals surface area (Å²) in [5.74, 6) is 1.17. The number of hydrogen-bond acceptors (Lipinski definition) is 2. The summed E-state index contributed by atoms with van der Waals surface area (Å²) in [6, 6.07) is 8.88. The largest absolute Gasteiger partial charge is 0.367 e. The van der Waals surface area contributed by atoms with Crippen LogP contribution in [0.4, 0.5) is 0 Å². The second-order valence-corrected chi connectivity index (χ2v) is 4.15. The van der Waals surface area contributed by atoms with Crippen LogP contribution in [-0.2, 0) is 0 Å². The Kier molecular flexibility index (Phi) is 3.05. The molecule has 1 atom stereocenters. The molecule has 0 spiro atoms. The van der Waals surface area contributed by atoms with Gasteiger partial charge in [-0.05, 0) is 31.4 Å². The van der Waals surface area contributed by atoms with Crippen LogP contribution < -0.4 is 5.32 Å². The van der Waals surface area contributed by atoms with Gasteiger partial charge in [0, 0.05) is 19.0 Å². The zero-order chi connectivity index (χ0) is 10.7. The molecule has 0 fully saturated rings. The molecule has 1 heterocycles. The number of benzene rings is 1. The molecule has 1 aromatic carbocycles. The average Bonchev–Trinajstić information content (AvgIpc) is 2.71. The molecule has 1 N–H and O–H groups in total. The smallest absolute Gasteiger partial charge is 0.0968 e. The Morgan fingerprint density at radius 3 is 2.80 bits per heavy atom. The molecule has 0 saturated heterocycles. The molecule has 80 valence electrons. The van der Waals surface area contributed by atoms with Crippen molar-refractivity contribution in [3.05, 3.63) is 35.4 Å². The maximum absolute atomic E-state index is 4.44. The van der Waals surface area contributed by atoms with Crippen LogP contribution in [0, 0.1) is 6.92 Å². The van der Waals surface area contributed by atoms with Crippen LogP contribution in [0.3, 0.4) is 0 Å². The summed E-state index contributed by atoms with van der Waals surface area (Å²) in [5, 5.41) is 3.49. The summed E-state index contributed by atoms with van der Waals surface area (Å²) < 4.78 is 0. The second-order valence-electron chi connectivity index (χ2n) is 4.15. The minimum Gasteiger partial charge on any atom is -0.367 e. The lowest BCUT2D eigenvalue weighted by Gasteiger charge is -2.17. The third kappa shape index (κ3) is 2.38. The van der Waals surface area contributed by atoms with Crippen molar-refractivity contribution >= 4 is 5.84 Å². The molecule has 15 heavy (non-hydrogen) atoms. The number of aliphatic imine (C=N–C) groups is 1. The third-order valence-electron chi connectivity index (χ3n) is 2.91. The van der Waals surface area contributed by atoms with E-state index in [9.17, 15) is 0 Å². The summed E-state index contributed by atoms with van der Waals surface area (Å²) in [6.45, 7) is 5.34. The Morgan fingerprint density at radius 1 is 1.33 bits per heavy atom. The minimum atomic E-state index is 0.364. The van der Waals surface area contributed by atoms with Crippen molar-refractivity contribution in [2.24, 2.45) is 4.99 Å². The van der Waals surface area contributed by atoms with Crippen molar-refractivity contribution in [2.75, 3.05) is 6.54 Å². The molecule has 2 nitrogen and oxygen atoms in total. The van der Waals surface area contributed by atoms with E-state index < -0.39 is 0 Å². The fourth-order valence-electron chi connectivity index (χ4n) is 2.06. The van der Waals surface area contributed by atoms with E-state index in [1.807, 2.05) is 0 Å². The number of amidine groups is 1. The second kappa shape index (κ2) is 4.47. The fourth-order valence-corrected chi connectivity index (χ4v) is 2.06. The van der Waals surface area contributed by atoms with Gasteiger partial charge in [0.25, 0.3) is 0 Å². The van der Waals surface area contributed by atoms with E-state index in [0.29, 0.717) is 6.04 Å².